The molecule has 6 heteroatoms. The number of hydrogen-bond acceptors (Lipinski definition) is 3. The van der Waals surface area contributed by atoms with E-state index in [1.165, 1.54) is 5.56 Å². The summed E-state index contributed by atoms with van der Waals surface area (Å²) in [6.45, 7) is 2.36. The molecule has 0 aromatic heterocycles. The van der Waals surface area contributed by atoms with Crippen LogP contribution in [0.4, 0.5) is 0 Å². The van der Waals surface area contributed by atoms with Crippen molar-refractivity contribution >= 4 is 34.2 Å². The first-order valence-corrected chi connectivity index (χ1v) is 8.70. The number of nitrogens with one attached hydrogen (secondary N) is 2. The van der Waals surface area contributed by atoms with Crippen LogP contribution in [0, 0.1) is 0 Å². The molecule has 0 unspecified atom stereocenters. The second kappa shape index (κ2) is 7.51. The van der Waals surface area contributed by atoms with E-state index in [9.17, 15) is 4.79 Å². The van der Waals surface area contributed by atoms with Gasteiger partial charge in [0.25, 0.3) is 5.91 Å². The second-order valence-electron chi connectivity index (χ2n) is 6.42. The Labute approximate surface area is 152 Å². The molecule has 1 aliphatic carbocycles. The molecule has 2 N–H and O–H groups in total. The monoisotopic (exact) mass is 402 g/mol. The van der Waals surface area contributed by atoms with Gasteiger partial charge in [-0.1, -0.05) is 28.1 Å². The van der Waals surface area contributed by atoms with Crippen LogP contribution in [0.2, 0.25) is 0 Å². The van der Waals surface area contributed by atoms with Crippen LogP contribution in [-0.4, -0.2) is 38.3 Å². The predicted octanol–water partition coefficient (Wildman–Crippen LogP) is 2.79. The number of hydrogen-bond donors (Lipinski definition) is 2. The zero-order valence-corrected chi connectivity index (χ0v) is 15.8. The van der Waals surface area contributed by atoms with Crippen LogP contribution in [0.25, 0.3) is 0 Å². The van der Waals surface area contributed by atoms with Crippen LogP contribution in [0.15, 0.2) is 28.7 Å². The van der Waals surface area contributed by atoms with Gasteiger partial charge in [-0.15, -0.1) is 12.4 Å². The Morgan fingerprint density at radius 1 is 1.30 bits per heavy atom. The van der Waals surface area contributed by atoms with E-state index in [4.69, 9.17) is 4.74 Å². The number of halogens is 2. The molecule has 1 saturated heterocycles. The van der Waals surface area contributed by atoms with Crippen LogP contribution in [-0.2, 0) is 14.9 Å². The Kier molecular flexibility index (Phi) is 6.11. The van der Waals surface area contributed by atoms with E-state index in [1.54, 1.807) is 7.11 Å². The van der Waals surface area contributed by atoms with Crippen molar-refractivity contribution in [1.82, 2.24) is 10.6 Å². The third kappa shape index (κ3) is 3.90. The van der Waals surface area contributed by atoms with Crippen molar-refractivity contribution in [3.8, 4) is 0 Å². The number of methoxy groups -OCH3 is 1. The van der Waals surface area contributed by atoms with Crippen molar-refractivity contribution in [1.29, 1.82) is 0 Å². The maximum absolute atomic E-state index is 12.7. The van der Waals surface area contributed by atoms with Crippen molar-refractivity contribution < 1.29 is 9.53 Å². The largest absolute Gasteiger partial charge is 0.368 e. The average molecular weight is 404 g/mol. The summed E-state index contributed by atoms with van der Waals surface area (Å²) >= 11 is 3.53. The van der Waals surface area contributed by atoms with E-state index >= 15 is 0 Å². The molecule has 0 bridgehead atoms. The number of rotatable bonds is 5. The highest BCUT2D eigenvalue weighted by Crippen LogP contribution is 2.48. The number of amides is 1. The van der Waals surface area contributed by atoms with Crippen molar-refractivity contribution in [2.45, 2.75) is 36.7 Å². The van der Waals surface area contributed by atoms with E-state index < -0.39 is 5.60 Å². The van der Waals surface area contributed by atoms with Crippen LogP contribution in [0.1, 0.15) is 31.2 Å². The lowest BCUT2D eigenvalue weighted by Crippen LogP contribution is -2.55. The summed E-state index contributed by atoms with van der Waals surface area (Å²) in [7, 11) is 1.64. The van der Waals surface area contributed by atoms with E-state index in [-0.39, 0.29) is 23.7 Å². The molecule has 2 aliphatic rings. The molecule has 4 nitrogen and oxygen atoms in total. The fourth-order valence-corrected chi connectivity index (χ4v) is 3.70. The van der Waals surface area contributed by atoms with E-state index in [2.05, 4.69) is 44.8 Å². The van der Waals surface area contributed by atoms with Gasteiger partial charge in [0.15, 0.2) is 0 Å². The Morgan fingerprint density at radius 3 is 2.57 bits per heavy atom. The Morgan fingerprint density at radius 2 is 2.00 bits per heavy atom. The van der Waals surface area contributed by atoms with Crippen LogP contribution < -0.4 is 10.6 Å². The number of benzene rings is 1. The molecule has 128 valence electrons. The maximum atomic E-state index is 12.7. The highest BCUT2D eigenvalue weighted by molar-refractivity contribution is 9.10. The van der Waals surface area contributed by atoms with Crippen LogP contribution in [0.5, 0.6) is 0 Å². The van der Waals surface area contributed by atoms with Gasteiger partial charge in [0.2, 0.25) is 0 Å². The summed E-state index contributed by atoms with van der Waals surface area (Å²) in [5, 5.41) is 6.44. The quantitative estimate of drug-likeness (QED) is 0.795. The summed E-state index contributed by atoms with van der Waals surface area (Å²) in [4.78, 5) is 12.7. The van der Waals surface area contributed by atoms with Gasteiger partial charge in [0.1, 0.15) is 5.60 Å². The number of piperidine rings is 1. The Hall–Kier alpha value is -0.620. The molecule has 3 rings (SSSR count). The smallest absolute Gasteiger partial charge is 0.252 e. The molecule has 1 heterocycles. The van der Waals surface area contributed by atoms with E-state index in [0.29, 0.717) is 6.54 Å². The minimum absolute atomic E-state index is 0. The standard InChI is InChI=1S/C17H23BrN2O2.ClH/c1-22-17(7-9-19-10-8-17)15(21)20-12-16(5-6-16)13-3-2-4-14(18)11-13;/h2-4,11,19H,5-10,12H2,1H3,(H,20,21);1H. The molecule has 1 aromatic rings. The molecule has 0 atom stereocenters. The third-order valence-corrected chi connectivity index (χ3v) is 5.59. The summed E-state index contributed by atoms with van der Waals surface area (Å²) in [6, 6.07) is 8.41. The number of ether oxygens (including phenoxy) is 1. The molecule has 23 heavy (non-hydrogen) atoms. The first-order valence-electron chi connectivity index (χ1n) is 7.91. The maximum Gasteiger partial charge on any atom is 0.252 e. The van der Waals surface area contributed by atoms with E-state index in [1.807, 2.05) is 6.07 Å². The lowest BCUT2D eigenvalue weighted by atomic mass is 9.90. The van der Waals surface area contributed by atoms with Crippen molar-refractivity contribution in [3.05, 3.63) is 34.3 Å². The minimum Gasteiger partial charge on any atom is -0.368 e. The molecular formula is C17H24BrClN2O2. The zero-order chi connectivity index (χ0) is 15.6. The topological polar surface area (TPSA) is 50.4 Å². The molecule has 2 fully saturated rings. The molecular weight excluding hydrogens is 380 g/mol. The highest BCUT2D eigenvalue weighted by atomic mass is 79.9. The fraction of sp³-hybridized carbons (Fsp3) is 0.588. The van der Waals surface area contributed by atoms with Gasteiger partial charge in [0.05, 0.1) is 0 Å². The van der Waals surface area contributed by atoms with Crippen molar-refractivity contribution in [2.24, 2.45) is 0 Å². The van der Waals surface area contributed by atoms with Crippen molar-refractivity contribution in [3.63, 3.8) is 0 Å². The fourth-order valence-electron chi connectivity index (χ4n) is 3.30. The molecule has 1 saturated carbocycles. The normalized spacial score (nSPS) is 21.1. The van der Waals surface area contributed by atoms with E-state index in [0.717, 1.165) is 43.2 Å². The van der Waals surface area contributed by atoms with Gasteiger partial charge < -0.3 is 15.4 Å². The SMILES string of the molecule is COC1(C(=O)NCC2(c3cccc(Br)c3)CC2)CCNCC1.Cl. The molecule has 1 aliphatic heterocycles. The highest BCUT2D eigenvalue weighted by Gasteiger charge is 2.46. The number of carbonyl (C=O) groups is 1. The van der Waals surface area contributed by atoms with Gasteiger partial charge >= 0.3 is 0 Å². The summed E-state index contributed by atoms with van der Waals surface area (Å²) in [5.41, 5.74) is 0.763. The predicted molar refractivity (Wildman–Crippen MR) is 97.2 cm³/mol. The Balaban J connectivity index is 0.00000192. The summed E-state index contributed by atoms with van der Waals surface area (Å²) in [6.07, 6.45) is 3.73. The lowest BCUT2D eigenvalue weighted by molar-refractivity contribution is -0.146. The molecule has 0 spiro atoms. The first-order chi connectivity index (χ1) is 10.6. The van der Waals surface area contributed by atoms with Gasteiger partial charge in [-0.05, 0) is 56.5 Å². The van der Waals surface area contributed by atoms with Gasteiger partial charge in [-0.3, -0.25) is 4.79 Å². The Bertz CT molecular complexity index is 557. The minimum atomic E-state index is -0.654. The number of carbonyl (C=O) groups excluding carboxylic acids is 1. The van der Waals surface area contributed by atoms with Gasteiger partial charge in [0, 0.05) is 23.5 Å². The third-order valence-electron chi connectivity index (χ3n) is 5.09. The summed E-state index contributed by atoms with van der Waals surface area (Å²) < 4.78 is 6.68. The summed E-state index contributed by atoms with van der Waals surface area (Å²) in [5.74, 6) is 0.0396. The van der Waals surface area contributed by atoms with Crippen LogP contribution in [0.3, 0.4) is 0 Å². The van der Waals surface area contributed by atoms with Crippen molar-refractivity contribution in [2.75, 3.05) is 26.7 Å². The van der Waals surface area contributed by atoms with Crippen LogP contribution >= 0.6 is 28.3 Å². The molecule has 1 amide bonds. The zero-order valence-electron chi connectivity index (χ0n) is 13.4. The van der Waals surface area contributed by atoms with Gasteiger partial charge in [-0.2, -0.15) is 0 Å². The molecule has 0 radical (unpaired) electrons. The average Bonchev–Trinajstić information content (AvgIpc) is 3.34. The van der Waals surface area contributed by atoms with Gasteiger partial charge in [-0.25, -0.2) is 0 Å². The molecule has 1 aromatic carbocycles. The lowest BCUT2D eigenvalue weighted by Gasteiger charge is -2.35. The first kappa shape index (κ1) is 18.7. The second-order valence-corrected chi connectivity index (χ2v) is 7.34.